The first-order valence-corrected chi connectivity index (χ1v) is 3.56. The van der Waals surface area contributed by atoms with Gasteiger partial charge < -0.3 is 4.74 Å². The van der Waals surface area contributed by atoms with Gasteiger partial charge in [0.05, 0.1) is 6.61 Å². The quantitative estimate of drug-likeness (QED) is 0.647. The van der Waals surface area contributed by atoms with E-state index in [2.05, 4.69) is 0 Å². The molecule has 0 radical (unpaired) electrons. The van der Waals surface area contributed by atoms with Gasteiger partial charge in [0.15, 0.2) is 0 Å². The molecule has 0 N–H and O–H groups in total. The van der Waals surface area contributed by atoms with E-state index >= 15 is 0 Å². The first-order chi connectivity index (χ1) is 5.33. The predicted molar refractivity (Wildman–Crippen MR) is 42.0 cm³/mol. The van der Waals surface area contributed by atoms with Gasteiger partial charge >= 0.3 is 0 Å². The van der Waals surface area contributed by atoms with E-state index in [4.69, 9.17) is 4.74 Å². The van der Waals surface area contributed by atoms with Gasteiger partial charge in [-0.25, -0.2) is 4.39 Å². The summed E-state index contributed by atoms with van der Waals surface area (Å²) < 4.78 is 17.3. The summed E-state index contributed by atoms with van der Waals surface area (Å²) >= 11 is 0. The average Bonchev–Trinajstić information content (AvgIpc) is 2.04. The van der Waals surface area contributed by atoms with E-state index in [0.29, 0.717) is 6.61 Å². The normalized spacial score (nSPS) is 10.0. The van der Waals surface area contributed by atoms with E-state index in [1.54, 1.807) is 19.2 Å². The lowest BCUT2D eigenvalue weighted by Gasteiger charge is -1.98. The Morgan fingerprint density at radius 1 is 1.27 bits per heavy atom. The maximum Gasteiger partial charge on any atom is 0.123 e. The van der Waals surface area contributed by atoms with Crippen LogP contribution in [0.3, 0.4) is 0 Å². The number of hydrogen-bond donors (Lipinski definition) is 0. The second kappa shape index (κ2) is 4.09. The zero-order valence-electron chi connectivity index (χ0n) is 6.51. The molecule has 1 aromatic rings. The van der Waals surface area contributed by atoms with Gasteiger partial charge in [0, 0.05) is 7.11 Å². The van der Waals surface area contributed by atoms with Gasteiger partial charge in [-0.05, 0) is 24.1 Å². The summed E-state index contributed by atoms with van der Waals surface area (Å²) in [6, 6.07) is 6.47. The van der Waals surface area contributed by atoms with E-state index < -0.39 is 0 Å². The number of methoxy groups -OCH3 is 1. The minimum atomic E-state index is -0.189. The van der Waals surface area contributed by atoms with Crippen molar-refractivity contribution in [2.45, 2.75) is 6.42 Å². The molecule has 11 heavy (non-hydrogen) atoms. The zero-order chi connectivity index (χ0) is 8.10. The molecule has 0 aromatic heterocycles. The molecule has 0 amide bonds. The fraction of sp³-hybridized carbons (Fsp3) is 0.333. The van der Waals surface area contributed by atoms with Crippen molar-refractivity contribution in [3.63, 3.8) is 0 Å². The fourth-order valence-corrected chi connectivity index (χ4v) is 0.871. The van der Waals surface area contributed by atoms with Gasteiger partial charge in [-0.2, -0.15) is 0 Å². The lowest BCUT2D eigenvalue weighted by molar-refractivity contribution is 0.202. The molecule has 0 saturated heterocycles. The van der Waals surface area contributed by atoms with Crippen LogP contribution >= 0.6 is 0 Å². The molecule has 1 rings (SSSR count). The first-order valence-electron chi connectivity index (χ1n) is 3.56. The maximum absolute atomic E-state index is 12.4. The van der Waals surface area contributed by atoms with Gasteiger partial charge in [0.2, 0.25) is 0 Å². The standard InChI is InChI=1S/C9H11FO/c1-11-7-6-8-2-4-9(10)5-3-8/h2-5H,6-7H2,1H3. The minimum Gasteiger partial charge on any atom is -0.384 e. The third-order valence-corrected chi connectivity index (χ3v) is 1.51. The molecule has 0 spiro atoms. The highest BCUT2D eigenvalue weighted by Crippen LogP contribution is 2.02. The van der Waals surface area contributed by atoms with Gasteiger partial charge in [-0.15, -0.1) is 0 Å². The summed E-state index contributed by atoms with van der Waals surface area (Å²) in [5.41, 5.74) is 1.10. The maximum atomic E-state index is 12.4. The van der Waals surface area contributed by atoms with Crippen LogP contribution in [0.1, 0.15) is 5.56 Å². The van der Waals surface area contributed by atoms with Crippen LogP contribution in [0.2, 0.25) is 0 Å². The Kier molecular flexibility index (Phi) is 3.05. The summed E-state index contributed by atoms with van der Waals surface area (Å²) in [5.74, 6) is -0.189. The van der Waals surface area contributed by atoms with Gasteiger partial charge in [0.25, 0.3) is 0 Å². The van der Waals surface area contributed by atoms with E-state index in [-0.39, 0.29) is 5.82 Å². The highest BCUT2D eigenvalue weighted by molar-refractivity contribution is 5.15. The smallest absolute Gasteiger partial charge is 0.123 e. The third-order valence-electron chi connectivity index (χ3n) is 1.51. The van der Waals surface area contributed by atoms with Crippen LogP contribution < -0.4 is 0 Å². The molecule has 0 aliphatic carbocycles. The number of rotatable bonds is 3. The molecule has 0 fully saturated rings. The molecular formula is C9H11FO. The Morgan fingerprint density at radius 3 is 2.45 bits per heavy atom. The second-order valence-corrected chi connectivity index (χ2v) is 2.37. The van der Waals surface area contributed by atoms with Crippen LogP contribution in [0.25, 0.3) is 0 Å². The highest BCUT2D eigenvalue weighted by Gasteiger charge is 1.92. The topological polar surface area (TPSA) is 9.23 Å². The number of ether oxygens (including phenoxy) is 1. The molecule has 2 heteroatoms. The van der Waals surface area contributed by atoms with Crippen molar-refractivity contribution in [2.24, 2.45) is 0 Å². The van der Waals surface area contributed by atoms with Crippen molar-refractivity contribution >= 4 is 0 Å². The van der Waals surface area contributed by atoms with E-state index in [1.165, 1.54) is 12.1 Å². The van der Waals surface area contributed by atoms with E-state index in [0.717, 1.165) is 12.0 Å². The van der Waals surface area contributed by atoms with Crippen molar-refractivity contribution in [1.82, 2.24) is 0 Å². The number of benzene rings is 1. The third kappa shape index (κ3) is 2.68. The Bertz CT molecular complexity index is 205. The van der Waals surface area contributed by atoms with Crippen LogP contribution in [-0.2, 0) is 11.2 Å². The number of hydrogen-bond acceptors (Lipinski definition) is 1. The predicted octanol–water partition coefficient (Wildman–Crippen LogP) is 2.01. The van der Waals surface area contributed by atoms with Crippen molar-refractivity contribution < 1.29 is 9.13 Å². The lowest BCUT2D eigenvalue weighted by atomic mass is 10.2. The molecular weight excluding hydrogens is 143 g/mol. The Balaban J connectivity index is 2.52. The van der Waals surface area contributed by atoms with Gasteiger partial charge in [-0.1, -0.05) is 12.1 Å². The molecule has 60 valence electrons. The Labute approximate surface area is 65.8 Å². The lowest BCUT2D eigenvalue weighted by Crippen LogP contribution is -1.93. The summed E-state index contributed by atoms with van der Waals surface area (Å²) in [5, 5.41) is 0. The summed E-state index contributed by atoms with van der Waals surface area (Å²) in [6.45, 7) is 0.686. The summed E-state index contributed by atoms with van der Waals surface area (Å²) in [7, 11) is 1.66. The van der Waals surface area contributed by atoms with Crippen LogP contribution in [-0.4, -0.2) is 13.7 Å². The summed E-state index contributed by atoms with van der Waals surface area (Å²) in [4.78, 5) is 0. The number of halogens is 1. The van der Waals surface area contributed by atoms with Crippen LogP contribution in [0, 0.1) is 5.82 Å². The summed E-state index contributed by atoms with van der Waals surface area (Å²) in [6.07, 6.45) is 0.844. The van der Waals surface area contributed by atoms with Crippen molar-refractivity contribution in [1.29, 1.82) is 0 Å². The Morgan fingerprint density at radius 2 is 1.91 bits per heavy atom. The van der Waals surface area contributed by atoms with Crippen molar-refractivity contribution in [2.75, 3.05) is 13.7 Å². The average molecular weight is 154 g/mol. The molecule has 0 saturated carbocycles. The van der Waals surface area contributed by atoms with E-state index in [1.807, 2.05) is 0 Å². The largest absolute Gasteiger partial charge is 0.384 e. The van der Waals surface area contributed by atoms with Gasteiger partial charge in [-0.3, -0.25) is 0 Å². The fourth-order valence-electron chi connectivity index (χ4n) is 0.871. The SMILES string of the molecule is COCCc1ccc(F)cc1. The van der Waals surface area contributed by atoms with Crippen molar-refractivity contribution in [3.05, 3.63) is 35.6 Å². The molecule has 0 atom stereocenters. The first kappa shape index (κ1) is 8.21. The van der Waals surface area contributed by atoms with Crippen molar-refractivity contribution in [3.8, 4) is 0 Å². The molecule has 0 aliphatic rings. The molecule has 0 aliphatic heterocycles. The Hall–Kier alpha value is -0.890. The molecule has 1 nitrogen and oxygen atoms in total. The van der Waals surface area contributed by atoms with Crippen LogP contribution in [0.5, 0.6) is 0 Å². The second-order valence-electron chi connectivity index (χ2n) is 2.37. The molecule has 0 unspecified atom stereocenters. The molecule has 0 bridgehead atoms. The molecule has 1 aromatic carbocycles. The van der Waals surface area contributed by atoms with Gasteiger partial charge in [0.1, 0.15) is 5.82 Å². The minimum absolute atomic E-state index is 0.189. The van der Waals surface area contributed by atoms with Crippen LogP contribution in [0.15, 0.2) is 24.3 Å². The van der Waals surface area contributed by atoms with Crippen LogP contribution in [0.4, 0.5) is 4.39 Å². The van der Waals surface area contributed by atoms with E-state index in [9.17, 15) is 4.39 Å². The molecule has 0 heterocycles. The highest BCUT2D eigenvalue weighted by atomic mass is 19.1. The zero-order valence-corrected chi connectivity index (χ0v) is 6.51. The monoisotopic (exact) mass is 154 g/mol.